The van der Waals surface area contributed by atoms with Gasteiger partial charge in [0.25, 0.3) is 0 Å². The smallest absolute Gasteiger partial charge is 0.343 e. The summed E-state index contributed by atoms with van der Waals surface area (Å²) in [6.07, 6.45) is 0. The van der Waals surface area contributed by atoms with E-state index in [0.717, 1.165) is 10.0 Å². The van der Waals surface area contributed by atoms with Crippen molar-refractivity contribution in [2.75, 3.05) is 0 Å². The summed E-state index contributed by atoms with van der Waals surface area (Å²) in [5, 5.41) is 0. The van der Waals surface area contributed by atoms with E-state index in [1.807, 2.05) is 42.5 Å². The van der Waals surface area contributed by atoms with Crippen LogP contribution in [0.5, 0.6) is 5.75 Å². The van der Waals surface area contributed by atoms with Gasteiger partial charge in [0.2, 0.25) is 0 Å². The van der Waals surface area contributed by atoms with Crippen LogP contribution in [0.1, 0.15) is 5.56 Å². The Bertz CT molecular complexity index is 559. The number of halogens is 1. The molecule has 2 aromatic carbocycles. The minimum absolute atomic E-state index is 0.346. The summed E-state index contributed by atoms with van der Waals surface area (Å²) in [5.41, 5.74) is 1.11. The van der Waals surface area contributed by atoms with Crippen LogP contribution in [0.4, 0.5) is 0 Å². The predicted molar refractivity (Wildman–Crippen MR) is 75.3 cm³/mol. The number of esters is 1. The van der Waals surface area contributed by atoms with Gasteiger partial charge in [-0.25, -0.2) is 4.79 Å². The lowest BCUT2D eigenvalue weighted by molar-refractivity contribution is -0.127. The summed E-state index contributed by atoms with van der Waals surface area (Å²) in [6.45, 7) is 3.75. The van der Waals surface area contributed by atoms with Crippen LogP contribution in [0.2, 0.25) is 0 Å². The number of carbonyl (C=O) groups is 1. The van der Waals surface area contributed by atoms with Crippen molar-refractivity contribution in [2.45, 2.75) is 0 Å². The third-order valence-electron chi connectivity index (χ3n) is 2.39. The fourth-order valence-electron chi connectivity index (χ4n) is 1.43. The van der Waals surface area contributed by atoms with Gasteiger partial charge < -0.3 is 4.74 Å². The van der Waals surface area contributed by atoms with Gasteiger partial charge in [-0.1, -0.05) is 52.8 Å². The van der Waals surface area contributed by atoms with Gasteiger partial charge in [-0.3, -0.25) is 0 Å². The zero-order chi connectivity index (χ0) is 13.0. The Kier molecular flexibility index (Phi) is 3.95. The lowest BCUT2D eigenvalue weighted by Gasteiger charge is -2.06. The molecule has 0 amide bonds. The largest absolute Gasteiger partial charge is 0.423 e. The highest BCUT2D eigenvalue weighted by molar-refractivity contribution is 9.10. The standard InChI is InChI=1S/C15H11BrO2/c1-11(12-5-3-2-4-6-12)15(17)18-14-9-7-13(16)8-10-14/h2-10H,1H2. The van der Waals surface area contributed by atoms with Crippen molar-refractivity contribution in [3.8, 4) is 5.75 Å². The van der Waals surface area contributed by atoms with E-state index in [4.69, 9.17) is 4.74 Å². The second kappa shape index (κ2) is 5.65. The highest BCUT2D eigenvalue weighted by Crippen LogP contribution is 2.19. The molecular weight excluding hydrogens is 292 g/mol. The maximum atomic E-state index is 11.9. The Balaban J connectivity index is 2.09. The molecule has 0 spiro atoms. The molecule has 0 aliphatic carbocycles. The van der Waals surface area contributed by atoms with E-state index < -0.39 is 5.97 Å². The van der Waals surface area contributed by atoms with E-state index in [1.54, 1.807) is 12.1 Å². The molecule has 18 heavy (non-hydrogen) atoms. The summed E-state index contributed by atoms with van der Waals surface area (Å²) in [4.78, 5) is 11.9. The zero-order valence-corrected chi connectivity index (χ0v) is 11.2. The topological polar surface area (TPSA) is 26.3 Å². The van der Waals surface area contributed by atoms with E-state index in [0.29, 0.717) is 11.3 Å². The third-order valence-corrected chi connectivity index (χ3v) is 2.92. The van der Waals surface area contributed by atoms with Gasteiger partial charge in [-0.2, -0.15) is 0 Å². The third kappa shape index (κ3) is 3.08. The van der Waals surface area contributed by atoms with Gasteiger partial charge in [0, 0.05) is 4.47 Å². The lowest BCUT2D eigenvalue weighted by Crippen LogP contribution is -2.09. The van der Waals surface area contributed by atoms with Crippen molar-refractivity contribution in [1.82, 2.24) is 0 Å². The Hall–Kier alpha value is -1.87. The van der Waals surface area contributed by atoms with E-state index >= 15 is 0 Å². The molecule has 0 N–H and O–H groups in total. The monoisotopic (exact) mass is 302 g/mol. The fourth-order valence-corrected chi connectivity index (χ4v) is 1.69. The SMILES string of the molecule is C=C(C(=O)Oc1ccc(Br)cc1)c1ccccc1. The maximum Gasteiger partial charge on any atom is 0.343 e. The predicted octanol–water partition coefficient (Wildman–Crippen LogP) is 4.07. The second-order valence-electron chi connectivity index (χ2n) is 3.69. The average molecular weight is 303 g/mol. The van der Waals surface area contributed by atoms with Gasteiger partial charge in [-0.15, -0.1) is 0 Å². The molecule has 0 fully saturated rings. The molecule has 0 bridgehead atoms. The molecule has 2 aromatic rings. The van der Waals surface area contributed by atoms with E-state index in [1.165, 1.54) is 0 Å². The molecule has 3 heteroatoms. The Morgan fingerprint density at radius 1 is 1.00 bits per heavy atom. The molecule has 0 atom stereocenters. The highest BCUT2D eigenvalue weighted by Gasteiger charge is 2.11. The summed E-state index contributed by atoms with van der Waals surface area (Å²) in [6, 6.07) is 16.3. The number of rotatable bonds is 3. The molecule has 0 saturated carbocycles. The Morgan fingerprint density at radius 2 is 1.61 bits per heavy atom. The van der Waals surface area contributed by atoms with Gasteiger partial charge in [0.15, 0.2) is 0 Å². The molecule has 0 unspecified atom stereocenters. The van der Waals surface area contributed by atoms with Gasteiger partial charge in [0.1, 0.15) is 5.75 Å². The minimum Gasteiger partial charge on any atom is -0.423 e. The molecular formula is C15H11BrO2. The molecule has 0 aromatic heterocycles. The zero-order valence-electron chi connectivity index (χ0n) is 9.60. The van der Waals surface area contributed by atoms with Crippen LogP contribution in [0.25, 0.3) is 5.57 Å². The quantitative estimate of drug-likeness (QED) is 0.485. The Morgan fingerprint density at radius 3 is 2.22 bits per heavy atom. The van der Waals surface area contributed by atoms with Crippen molar-refractivity contribution < 1.29 is 9.53 Å². The Labute approximate surface area is 114 Å². The first kappa shape index (κ1) is 12.6. The van der Waals surface area contributed by atoms with E-state index in [2.05, 4.69) is 22.5 Å². The molecule has 2 rings (SSSR count). The van der Waals surface area contributed by atoms with Crippen molar-refractivity contribution in [3.05, 3.63) is 71.2 Å². The van der Waals surface area contributed by atoms with Crippen molar-refractivity contribution in [2.24, 2.45) is 0 Å². The number of hydrogen-bond acceptors (Lipinski definition) is 2. The van der Waals surface area contributed by atoms with E-state index in [-0.39, 0.29) is 0 Å². The molecule has 0 aliphatic heterocycles. The fraction of sp³-hybridized carbons (Fsp3) is 0. The molecule has 90 valence electrons. The van der Waals surface area contributed by atoms with Crippen LogP contribution in [-0.2, 0) is 4.79 Å². The van der Waals surface area contributed by atoms with Crippen molar-refractivity contribution >= 4 is 27.5 Å². The van der Waals surface area contributed by atoms with Crippen molar-refractivity contribution in [1.29, 1.82) is 0 Å². The lowest BCUT2D eigenvalue weighted by atomic mass is 10.1. The first-order chi connectivity index (χ1) is 8.66. The summed E-state index contributed by atoms with van der Waals surface area (Å²) in [7, 11) is 0. The van der Waals surface area contributed by atoms with Gasteiger partial charge in [-0.05, 0) is 29.8 Å². The number of hydrogen-bond donors (Lipinski definition) is 0. The van der Waals surface area contributed by atoms with Crippen molar-refractivity contribution in [3.63, 3.8) is 0 Å². The maximum absolute atomic E-state index is 11.9. The van der Waals surface area contributed by atoms with E-state index in [9.17, 15) is 4.79 Å². The average Bonchev–Trinajstić information content (AvgIpc) is 2.41. The molecule has 0 saturated heterocycles. The van der Waals surface area contributed by atoms with Crippen LogP contribution in [0, 0.1) is 0 Å². The number of ether oxygens (including phenoxy) is 1. The molecule has 0 radical (unpaired) electrons. The van der Waals surface area contributed by atoms with Gasteiger partial charge in [0.05, 0.1) is 5.57 Å². The van der Waals surface area contributed by atoms with Crippen LogP contribution in [0.15, 0.2) is 65.6 Å². The molecule has 0 heterocycles. The highest BCUT2D eigenvalue weighted by atomic mass is 79.9. The minimum atomic E-state index is -0.441. The summed E-state index contributed by atoms with van der Waals surface area (Å²) >= 11 is 3.32. The molecule has 2 nitrogen and oxygen atoms in total. The van der Waals surface area contributed by atoms with Crippen LogP contribution >= 0.6 is 15.9 Å². The summed E-state index contributed by atoms with van der Waals surface area (Å²) < 4.78 is 6.16. The van der Waals surface area contributed by atoms with Crippen LogP contribution in [0.3, 0.4) is 0 Å². The summed E-state index contributed by atoms with van der Waals surface area (Å²) in [5.74, 6) is 0.0591. The second-order valence-corrected chi connectivity index (χ2v) is 4.60. The normalized spacial score (nSPS) is 9.83. The first-order valence-electron chi connectivity index (χ1n) is 5.39. The van der Waals surface area contributed by atoms with Gasteiger partial charge >= 0.3 is 5.97 Å². The number of benzene rings is 2. The van der Waals surface area contributed by atoms with Crippen LogP contribution < -0.4 is 4.74 Å². The molecule has 0 aliphatic rings. The first-order valence-corrected chi connectivity index (χ1v) is 6.18. The van der Waals surface area contributed by atoms with Crippen LogP contribution in [-0.4, -0.2) is 5.97 Å². The number of carbonyl (C=O) groups excluding carboxylic acids is 1.